The molecule has 0 amide bonds. The summed E-state index contributed by atoms with van der Waals surface area (Å²) in [6, 6.07) is 6.54. The smallest absolute Gasteiger partial charge is 0.247 e. The van der Waals surface area contributed by atoms with E-state index in [9.17, 15) is 5.21 Å². The fourth-order valence-corrected chi connectivity index (χ4v) is 5.23. The molecule has 1 fully saturated rings. The normalized spacial score (nSPS) is 25.9. The maximum Gasteiger partial charge on any atom is 0.247 e. The second kappa shape index (κ2) is 10.4. The van der Waals surface area contributed by atoms with Gasteiger partial charge in [-0.2, -0.15) is 5.23 Å². The number of hydrogen-bond donors (Lipinski definition) is 2. The van der Waals surface area contributed by atoms with Crippen molar-refractivity contribution >= 4 is 5.69 Å². The van der Waals surface area contributed by atoms with E-state index < -0.39 is 5.23 Å². The lowest BCUT2D eigenvalue weighted by molar-refractivity contribution is -0.991. The maximum atomic E-state index is 11.1. The molecule has 1 unspecified atom stereocenters. The van der Waals surface area contributed by atoms with Crippen LogP contribution in [0, 0.1) is 28.9 Å². The van der Waals surface area contributed by atoms with Crippen molar-refractivity contribution in [3.05, 3.63) is 47.0 Å². The minimum Gasteiger partial charge on any atom is -0.595 e. The van der Waals surface area contributed by atoms with Gasteiger partial charge in [0.1, 0.15) is 0 Å². The molecule has 0 bridgehead atoms. The minimum absolute atomic E-state index is 0.243. The van der Waals surface area contributed by atoms with Crippen LogP contribution in [-0.2, 0) is 6.42 Å². The summed E-state index contributed by atoms with van der Waals surface area (Å²) in [7, 11) is 2.21. The summed E-state index contributed by atoms with van der Waals surface area (Å²) >= 11 is 0. The molecule has 0 radical (unpaired) electrons. The summed E-state index contributed by atoms with van der Waals surface area (Å²) in [4.78, 5) is 5.04. The van der Waals surface area contributed by atoms with Crippen LogP contribution >= 0.6 is 0 Å². The van der Waals surface area contributed by atoms with Crippen molar-refractivity contribution in [3.8, 4) is 11.5 Å². The number of rotatable bonds is 7. The van der Waals surface area contributed by atoms with E-state index in [1.165, 1.54) is 5.57 Å². The topological polar surface area (TPSA) is 93.1 Å². The van der Waals surface area contributed by atoms with Gasteiger partial charge in [0.15, 0.2) is 5.69 Å². The molecule has 2 aliphatic rings. The van der Waals surface area contributed by atoms with Gasteiger partial charge in [-0.3, -0.25) is 0 Å². The second-order valence-electron chi connectivity index (χ2n) is 10.1. The first-order chi connectivity index (χ1) is 15.8. The first kappa shape index (κ1) is 24.0. The number of quaternary nitrogens is 1. The highest BCUT2D eigenvalue weighted by molar-refractivity contribution is 5.55. The molecule has 0 spiro atoms. The third kappa shape index (κ3) is 5.88. The molecule has 8 heteroatoms. The van der Waals surface area contributed by atoms with E-state index in [0.717, 1.165) is 51.1 Å². The lowest BCUT2D eigenvalue weighted by Gasteiger charge is -2.41. The summed E-state index contributed by atoms with van der Waals surface area (Å²) in [6.45, 7) is 12.7. The van der Waals surface area contributed by atoms with Gasteiger partial charge in [0, 0.05) is 56.8 Å². The Hall–Kier alpha value is -2.10. The largest absolute Gasteiger partial charge is 0.595 e. The molecule has 1 aromatic carbocycles. The van der Waals surface area contributed by atoms with Crippen LogP contribution in [0.2, 0.25) is 0 Å². The molecule has 33 heavy (non-hydrogen) atoms. The molecule has 2 aromatic rings. The van der Waals surface area contributed by atoms with Gasteiger partial charge in [0.2, 0.25) is 11.8 Å². The SMILES string of the molecule is CC1=C[C@@H](CN2CCN(C)CC2)[C@H](C(C)C)C[C@H]1Cc1nnc(-c2ccc([NH+]([O-])O)cc2)o1. The van der Waals surface area contributed by atoms with Gasteiger partial charge in [-0.25, -0.2) is 5.21 Å². The number of hydrogen-bond acceptors (Lipinski definition) is 7. The lowest BCUT2D eigenvalue weighted by Crippen LogP contribution is -2.99. The van der Waals surface area contributed by atoms with Crippen molar-refractivity contribution in [1.29, 1.82) is 0 Å². The molecule has 1 aliphatic carbocycles. The fourth-order valence-electron chi connectivity index (χ4n) is 5.23. The number of piperazine rings is 1. The molecule has 1 saturated heterocycles. The van der Waals surface area contributed by atoms with Crippen LogP contribution < -0.4 is 5.23 Å². The standard InChI is InChI=1S/C25H37N5O3/c1-17(2)23-14-20(18(3)13-21(23)16-29-11-9-28(4)10-12-29)15-24-26-27-25(33-24)19-5-7-22(8-6-19)30(31)32/h5-8,13,17,20-21,23,30-31H,9-12,14-16H2,1-4H3/t20-,21-,23-/m0/s1. The van der Waals surface area contributed by atoms with E-state index in [0.29, 0.717) is 35.5 Å². The van der Waals surface area contributed by atoms with Crippen molar-refractivity contribution < 1.29 is 14.9 Å². The Morgan fingerprint density at radius 1 is 1.15 bits per heavy atom. The van der Waals surface area contributed by atoms with E-state index in [2.05, 4.69) is 53.9 Å². The number of likely N-dealkylation sites (N-methyl/N-ethyl adjacent to an activating group) is 1. The zero-order chi connectivity index (χ0) is 23.5. The van der Waals surface area contributed by atoms with Crippen LogP contribution in [0.15, 0.2) is 40.3 Å². The van der Waals surface area contributed by atoms with Crippen LogP contribution in [0.5, 0.6) is 0 Å². The summed E-state index contributed by atoms with van der Waals surface area (Å²) in [5.41, 5.74) is 2.41. The van der Waals surface area contributed by atoms with Crippen molar-refractivity contribution in [2.24, 2.45) is 23.7 Å². The van der Waals surface area contributed by atoms with Gasteiger partial charge < -0.3 is 19.4 Å². The average Bonchev–Trinajstić information content (AvgIpc) is 3.25. The van der Waals surface area contributed by atoms with Gasteiger partial charge in [-0.1, -0.05) is 25.5 Å². The van der Waals surface area contributed by atoms with E-state index in [1.54, 1.807) is 24.3 Å². The van der Waals surface area contributed by atoms with Crippen LogP contribution in [0.4, 0.5) is 5.69 Å². The van der Waals surface area contributed by atoms with E-state index in [-0.39, 0.29) is 5.69 Å². The molecular formula is C25H37N5O3. The summed E-state index contributed by atoms with van der Waals surface area (Å²) in [5.74, 6) is 3.35. The molecule has 8 nitrogen and oxygen atoms in total. The molecule has 1 aliphatic heterocycles. The Kier molecular flexibility index (Phi) is 7.61. The zero-order valence-electron chi connectivity index (χ0n) is 20.2. The van der Waals surface area contributed by atoms with Gasteiger partial charge in [0.25, 0.3) is 0 Å². The van der Waals surface area contributed by atoms with Crippen molar-refractivity contribution in [1.82, 2.24) is 20.0 Å². The third-order valence-electron chi connectivity index (χ3n) is 7.42. The molecule has 180 valence electrons. The molecule has 2 N–H and O–H groups in total. The van der Waals surface area contributed by atoms with Crippen LogP contribution in [0.1, 0.15) is 33.1 Å². The van der Waals surface area contributed by atoms with E-state index in [1.807, 2.05) is 0 Å². The highest BCUT2D eigenvalue weighted by Gasteiger charge is 2.33. The number of nitrogens with zero attached hydrogens (tertiary/aromatic N) is 4. The molecule has 4 rings (SSSR count). The fraction of sp³-hybridized carbons (Fsp3) is 0.600. The molecule has 0 saturated carbocycles. The minimum atomic E-state index is -0.946. The van der Waals surface area contributed by atoms with Crippen LogP contribution in [-0.4, -0.2) is 65.0 Å². The highest BCUT2D eigenvalue weighted by atomic mass is 16.8. The summed E-state index contributed by atoms with van der Waals surface area (Å²) < 4.78 is 5.97. The average molecular weight is 456 g/mol. The Labute approximate surface area is 196 Å². The van der Waals surface area contributed by atoms with Gasteiger partial charge in [-0.15, -0.1) is 10.2 Å². The number of aromatic nitrogens is 2. The molecule has 1 aromatic heterocycles. The van der Waals surface area contributed by atoms with E-state index >= 15 is 0 Å². The van der Waals surface area contributed by atoms with Gasteiger partial charge >= 0.3 is 0 Å². The predicted octanol–water partition coefficient (Wildman–Crippen LogP) is 2.78. The summed E-state index contributed by atoms with van der Waals surface area (Å²) in [5, 5.41) is 27.7. The Balaban J connectivity index is 1.43. The third-order valence-corrected chi connectivity index (χ3v) is 7.42. The van der Waals surface area contributed by atoms with Gasteiger partial charge in [-0.05, 0) is 56.2 Å². The molecule has 4 atom stereocenters. The number of benzene rings is 1. The highest BCUT2D eigenvalue weighted by Crippen LogP contribution is 2.39. The monoisotopic (exact) mass is 455 g/mol. The second-order valence-corrected chi connectivity index (χ2v) is 10.1. The predicted molar refractivity (Wildman–Crippen MR) is 127 cm³/mol. The number of allylic oxidation sites excluding steroid dienone is 1. The maximum absolute atomic E-state index is 11.1. The zero-order valence-corrected chi connectivity index (χ0v) is 20.2. The Morgan fingerprint density at radius 2 is 1.85 bits per heavy atom. The Morgan fingerprint density at radius 3 is 2.48 bits per heavy atom. The molecular weight excluding hydrogens is 418 g/mol. The van der Waals surface area contributed by atoms with Crippen LogP contribution in [0.25, 0.3) is 11.5 Å². The summed E-state index contributed by atoms with van der Waals surface area (Å²) in [6.07, 6.45) is 4.40. The lowest BCUT2D eigenvalue weighted by atomic mass is 9.69. The molecule has 2 heterocycles. The van der Waals surface area contributed by atoms with Gasteiger partial charge in [0.05, 0.1) is 0 Å². The number of nitrogens with one attached hydrogen (secondary N) is 1. The van der Waals surface area contributed by atoms with Crippen molar-refractivity contribution in [2.45, 2.75) is 33.6 Å². The van der Waals surface area contributed by atoms with Crippen molar-refractivity contribution in [2.75, 3.05) is 39.8 Å². The van der Waals surface area contributed by atoms with Crippen LogP contribution in [0.3, 0.4) is 0 Å². The quantitative estimate of drug-likeness (QED) is 0.490. The first-order valence-corrected chi connectivity index (χ1v) is 12.1. The van der Waals surface area contributed by atoms with E-state index in [4.69, 9.17) is 9.62 Å². The van der Waals surface area contributed by atoms with Crippen molar-refractivity contribution in [3.63, 3.8) is 0 Å². The Bertz CT molecular complexity index is 932. The first-order valence-electron chi connectivity index (χ1n) is 12.1.